The van der Waals surface area contributed by atoms with Gasteiger partial charge in [-0.2, -0.15) is 28.2 Å². The molecule has 0 atom stereocenters. The molecule has 3 aromatic rings. The average Bonchev–Trinajstić information content (AvgIpc) is 2.86. The number of aromatic nitrogens is 4. The number of nitrogen functional groups attached to an aromatic ring is 1. The molecule has 6 nitrogen and oxygen atoms in total. The summed E-state index contributed by atoms with van der Waals surface area (Å²) in [5.41, 5.74) is 4.96. The summed E-state index contributed by atoms with van der Waals surface area (Å²) in [6.45, 7) is 0. The Kier molecular flexibility index (Phi) is 2.89. The molecule has 0 aliphatic heterocycles. The molecule has 21 heavy (non-hydrogen) atoms. The number of fused-ring (bicyclic) bond motifs is 1. The van der Waals surface area contributed by atoms with Crippen LogP contribution in [-0.2, 0) is 6.18 Å². The Morgan fingerprint density at radius 3 is 2.67 bits per heavy atom. The second-order valence-electron chi connectivity index (χ2n) is 4.23. The molecule has 2 aromatic heterocycles. The summed E-state index contributed by atoms with van der Waals surface area (Å²) in [4.78, 5) is 7.82. The van der Waals surface area contributed by atoms with Crippen molar-refractivity contribution >= 4 is 28.5 Å². The van der Waals surface area contributed by atoms with Gasteiger partial charge >= 0.3 is 6.18 Å². The van der Waals surface area contributed by atoms with Crippen molar-refractivity contribution in [2.75, 3.05) is 11.1 Å². The molecule has 0 radical (unpaired) electrons. The average molecular weight is 294 g/mol. The summed E-state index contributed by atoms with van der Waals surface area (Å²) < 4.78 is 38.9. The number of aromatic amines is 1. The van der Waals surface area contributed by atoms with E-state index in [1.165, 1.54) is 24.4 Å². The van der Waals surface area contributed by atoms with Gasteiger partial charge in [-0.1, -0.05) is 12.1 Å². The zero-order chi connectivity index (χ0) is 15.0. The van der Waals surface area contributed by atoms with Crippen LogP contribution in [-0.4, -0.2) is 20.2 Å². The van der Waals surface area contributed by atoms with Crippen LogP contribution in [0.2, 0.25) is 0 Å². The predicted molar refractivity (Wildman–Crippen MR) is 70.8 cm³/mol. The van der Waals surface area contributed by atoms with Crippen molar-refractivity contribution in [1.82, 2.24) is 20.2 Å². The molecule has 0 spiro atoms. The van der Waals surface area contributed by atoms with Gasteiger partial charge in [0.25, 0.3) is 0 Å². The topological polar surface area (TPSA) is 92.5 Å². The second-order valence-corrected chi connectivity index (χ2v) is 4.23. The van der Waals surface area contributed by atoms with Gasteiger partial charge in [0.05, 0.1) is 22.8 Å². The first-order valence-corrected chi connectivity index (χ1v) is 5.85. The number of para-hydroxylation sites is 1. The van der Waals surface area contributed by atoms with E-state index in [0.717, 1.165) is 6.07 Å². The van der Waals surface area contributed by atoms with E-state index in [1.54, 1.807) is 0 Å². The lowest BCUT2D eigenvalue weighted by Crippen LogP contribution is -2.09. The van der Waals surface area contributed by atoms with Gasteiger partial charge < -0.3 is 11.1 Å². The molecule has 0 saturated carbocycles. The van der Waals surface area contributed by atoms with E-state index in [2.05, 4.69) is 25.5 Å². The van der Waals surface area contributed by atoms with E-state index >= 15 is 0 Å². The highest BCUT2D eigenvalue weighted by Crippen LogP contribution is 2.36. The highest BCUT2D eigenvalue weighted by Gasteiger charge is 2.33. The van der Waals surface area contributed by atoms with Crippen LogP contribution < -0.4 is 11.1 Å². The Labute approximate surface area is 116 Å². The van der Waals surface area contributed by atoms with Crippen LogP contribution in [0.4, 0.5) is 30.6 Å². The number of benzene rings is 1. The highest BCUT2D eigenvalue weighted by molar-refractivity contribution is 5.89. The van der Waals surface area contributed by atoms with Crippen LogP contribution in [0.5, 0.6) is 0 Å². The molecule has 9 heteroatoms. The minimum Gasteiger partial charge on any atom is -0.368 e. The quantitative estimate of drug-likeness (QED) is 0.675. The fourth-order valence-corrected chi connectivity index (χ4v) is 1.91. The number of nitrogens with one attached hydrogen (secondary N) is 2. The maximum absolute atomic E-state index is 13.0. The Morgan fingerprint density at radius 2 is 1.90 bits per heavy atom. The van der Waals surface area contributed by atoms with E-state index in [1.807, 2.05) is 0 Å². The van der Waals surface area contributed by atoms with E-state index < -0.39 is 11.7 Å². The molecule has 1 aromatic carbocycles. The summed E-state index contributed by atoms with van der Waals surface area (Å²) in [5, 5.41) is 9.44. The molecular weight excluding hydrogens is 285 g/mol. The van der Waals surface area contributed by atoms with Crippen LogP contribution in [0.3, 0.4) is 0 Å². The Bertz CT molecular complexity index is 795. The molecule has 0 bridgehead atoms. The molecule has 0 fully saturated rings. The predicted octanol–water partition coefficient (Wildman–Crippen LogP) is 2.70. The SMILES string of the molecule is Nc1nc(Nc2ccccc2C(F)(F)F)c2cn[nH]c2n1. The van der Waals surface area contributed by atoms with Crippen molar-refractivity contribution in [3.05, 3.63) is 36.0 Å². The lowest BCUT2D eigenvalue weighted by Gasteiger charge is -2.14. The Balaban J connectivity index is 2.09. The number of nitrogens with zero attached hydrogens (tertiary/aromatic N) is 3. The van der Waals surface area contributed by atoms with E-state index in [-0.39, 0.29) is 17.5 Å². The van der Waals surface area contributed by atoms with Gasteiger partial charge in [0.2, 0.25) is 5.95 Å². The van der Waals surface area contributed by atoms with Gasteiger partial charge in [0.15, 0.2) is 5.65 Å². The lowest BCUT2D eigenvalue weighted by molar-refractivity contribution is -0.136. The molecule has 0 unspecified atom stereocenters. The van der Waals surface area contributed by atoms with E-state index in [0.29, 0.717) is 11.0 Å². The maximum atomic E-state index is 13.0. The largest absolute Gasteiger partial charge is 0.418 e. The number of nitrogens with two attached hydrogens (primary N) is 1. The highest BCUT2D eigenvalue weighted by atomic mass is 19.4. The molecule has 2 heterocycles. The van der Waals surface area contributed by atoms with Gasteiger partial charge in [0.1, 0.15) is 5.82 Å². The lowest BCUT2D eigenvalue weighted by atomic mass is 10.1. The molecule has 0 aliphatic carbocycles. The number of hydrogen-bond acceptors (Lipinski definition) is 5. The fourth-order valence-electron chi connectivity index (χ4n) is 1.91. The van der Waals surface area contributed by atoms with Crippen molar-refractivity contribution in [2.45, 2.75) is 6.18 Å². The Morgan fingerprint density at radius 1 is 1.14 bits per heavy atom. The minimum atomic E-state index is -4.47. The zero-order valence-electron chi connectivity index (χ0n) is 10.4. The number of hydrogen-bond donors (Lipinski definition) is 3. The van der Waals surface area contributed by atoms with Crippen LogP contribution in [0.1, 0.15) is 5.56 Å². The van der Waals surface area contributed by atoms with Crippen LogP contribution in [0, 0.1) is 0 Å². The third kappa shape index (κ3) is 2.45. The number of halogens is 3. The van der Waals surface area contributed by atoms with Crippen LogP contribution in [0.15, 0.2) is 30.5 Å². The van der Waals surface area contributed by atoms with Gasteiger partial charge in [-0.25, -0.2) is 0 Å². The van der Waals surface area contributed by atoms with Gasteiger partial charge in [0, 0.05) is 0 Å². The van der Waals surface area contributed by atoms with Crippen molar-refractivity contribution in [2.24, 2.45) is 0 Å². The first kappa shape index (κ1) is 13.2. The third-order valence-corrected chi connectivity index (χ3v) is 2.81. The van der Waals surface area contributed by atoms with E-state index in [4.69, 9.17) is 5.73 Å². The smallest absolute Gasteiger partial charge is 0.368 e. The summed E-state index contributed by atoms with van der Waals surface area (Å²) in [5.74, 6) is 0.0849. The molecule has 0 amide bonds. The molecule has 0 aliphatic rings. The standard InChI is InChI=1S/C12H9F3N6/c13-12(14,15)7-3-1-2-4-8(7)18-9-6-5-17-21-10(6)20-11(16)19-9/h1-5H,(H4,16,17,18,19,20,21). The van der Waals surface area contributed by atoms with Crippen molar-refractivity contribution in [3.63, 3.8) is 0 Å². The number of anilines is 3. The molecule has 3 rings (SSSR count). The number of H-pyrrole nitrogens is 1. The fraction of sp³-hybridized carbons (Fsp3) is 0.0833. The van der Waals surface area contributed by atoms with Crippen molar-refractivity contribution < 1.29 is 13.2 Å². The third-order valence-electron chi connectivity index (χ3n) is 2.81. The van der Waals surface area contributed by atoms with Gasteiger partial charge in [-0.05, 0) is 12.1 Å². The van der Waals surface area contributed by atoms with E-state index in [9.17, 15) is 13.2 Å². The van der Waals surface area contributed by atoms with Gasteiger partial charge in [-0.3, -0.25) is 5.10 Å². The molecule has 108 valence electrons. The summed E-state index contributed by atoms with van der Waals surface area (Å²) >= 11 is 0. The molecular formula is C12H9F3N6. The summed E-state index contributed by atoms with van der Waals surface area (Å²) in [6.07, 6.45) is -3.06. The normalized spacial score (nSPS) is 11.8. The molecule has 4 N–H and O–H groups in total. The zero-order valence-corrected chi connectivity index (χ0v) is 10.4. The minimum absolute atomic E-state index is 0.0706. The number of alkyl halides is 3. The second kappa shape index (κ2) is 4.62. The van der Waals surface area contributed by atoms with Crippen LogP contribution in [0.25, 0.3) is 11.0 Å². The van der Waals surface area contributed by atoms with Crippen molar-refractivity contribution in [1.29, 1.82) is 0 Å². The van der Waals surface area contributed by atoms with Gasteiger partial charge in [-0.15, -0.1) is 0 Å². The van der Waals surface area contributed by atoms with Crippen LogP contribution >= 0.6 is 0 Å². The summed E-state index contributed by atoms with van der Waals surface area (Å²) in [7, 11) is 0. The summed E-state index contributed by atoms with van der Waals surface area (Å²) in [6, 6.07) is 5.11. The van der Waals surface area contributed by atoms with Crippen molar-refractivity contribution in [3.8, 4) is 0 Å². The monoisotopic (exact) mass is 294 g/mol. The Hall–Kier alpha value is -2.84. The maximum Gasteiger partial charge on any atom is 0.418 e. The number of rotatable bonds is 2. The first-order chi connectivity index (χ1) is 9.95. The molecule has 0 saturated heterocycles. The first-order valence-electron chi connectivity index (χ1n) is 5.85.